The second-order valence-corrected chi connectivity index (χ2v) is 5.81. The molecule has 1 aromatic heterocycles. The zero-order valence-corrected chi connectivity index (χ0v) is 13.0. The molecule has 1 saturated carbocycles. The smallest absolute Gasteiger partial charge is 0.162 e. The lowest BCUT2D eigenvalue weighted by molar-refractivity contribution is -0.0458. The Morgan fingerprint density at radius 1 is 1.35 bits per heavy atom. The highest BCUT2D eigenvalue weighted by Gasteiger charge is 2.39. The SMILES string of the molecule is CCOC1(c2nc(C)c(I)c(Cl)n2)CCCC1. The average molecular weight is 367 g/mol. The van der Waals surface area contributed by atoms with Crippen molar-refractivity contribution in [2.45, 2.75) is 45.1 Å². The summed E-state index contributed by atoms with van der Waals surface area (Å²) in [6, 6.07) is 0. The predicted molar refractivity (Wildman–Crippen MR) is 76.3 cm³/mol. The maximum atomic E-state index is 6.15. The predicted octanol–water partition coefficient (Wildman–Crippen LogP) is 3.85. The van der Waals surface area contributed by atoms with Gasteiger partial charge in [0.25, 0.3) is 0 Å². The Morgan fingerprint density at radius 3 is 2.53 bits per heavy atom. The highest BCUT2D eigenvalue weighted by atomic mass is 127. The molecule has 0 bridgehead atoms. The van der Waals surface area contributed by atoms with Crippen LogP contribution in [0.3, 0.4) is 0 Å². The van der Waals surface area contributed by atoms with Crippen molar-refractivity contribution in [1.82, 2.24) is 9.97 Å². The van der Waals surface area contributed by atoms with E-state index in [1.807, 2.05) is 13.8 Å². The van der Waals surface area contributed by atoms with Gasteiger partial charge in [-0.2, -0.15) is 0 Å². The monoisotopic (exact) mass is 366 g/mol. The molecule has 1 heterocycles. The first-order chi connectivity index (χ1) is 8.09. The number of aromatic nitrogens is 2. The molecule has 0 radical (unpaired) electrons. The van der Waals surface area contributed by atoms with E-state index >= 15 is 0 Å². The lowest BCUT2D eigenvalue weighted by Gasteiger charge is -2.27. The number of nitrogens with zero attached hydrogens (tertiary/aromatic N) is 2. The van der Waals surface area contributed by atoms with E-state index in [1.54, 1.807) is 0 Å². The standard InChI is InChI=1S/C12H16ClIN2O/c1-3-17-12(6-4-5-7-12)11-15-8(2)9(14)10(13)16-11/h3-7H2,1-2H3. The van der Waals surface area contributed by atoms with Crippen LogP contribution in [-0.2, 0) is 10.3 Å². The summed E-state index contributed by atoms with van der Waals surface area (Å²) in [4.78, 5) is 9.01. The molecule has 0 aromatic carbocycles. The summed E-state index contributed by atoms with van der Waals surface area (Å²) in [5.41, 5.74) is 0.639. The van der Waals surface area contributed by atoms with E-state index in [0.29, 0.717) is 11.8 Å². The first kappa shape index (κ1) is 13.5. The molecule has 0 unspecified atom stereocenters. The van der Waals surface area contributed by atoms with Crippen molar-refractivity contribution < 1.29 is 4.74 Å². The van der Waals surface area contributed by atoms with Gasteiger partial charge in [0.15, 0.2) is 5.82 Å². The second kappa shape index (κ2) is 5.36. The van der Waals surface area contributed by atoms with Gasteiger partial charge < -0.3 is 4.74 Å². The van der Waals surface area contributed by atoms with Crippen molar-refractivity contribution in [3.63, 3.8) is 0 Å². The Labute approximate surface area is 120 Å². The molecule has 0 saturated heterocycles. The highest BCUT2D eigenvalue weighted by Crippen LogP contribution is 2.41. The minimum Gasteiger partial charge on any atom is -0.367 e. The van der Waals surface area contributed by atoms with Crippen LogP contribution in [0, 0.1) is 10.5 Å². The molecular weight excluding hydrogens is 351 g/mol. The summed E-state index contributed by atoms with van der Waals surface area (Å²) in [7, 11) is 0. The maximum Gasteiger partial charge on any atom is 0.162 e. The van der Waals surface area contributed by atoms with Crippen LogP contribution in [-0.4, -0.2) is 16.6 Å². The van der Waals surface area contributed by atoms with Gasteiger partial charge in [0.1, 0.15) is 10.8 Å². The van der Waals surface area contributed by atoms with Crippen LogP contribution in [0.1, 0.15) is 44.1 Å². The van der Waals surface area contributed by atoms with Crippen molar-refractivity contribution in [3.8, 4) is 0 Å². The molecule has 1 aromatic rings. The lowest BCUT2D eigenvalue weighted by Crippen LogP contribution is -2.29. The molecule has 0 atom stereocenters. The third-order valence-corrected chi connectivity index (χ3v) is 5.10. The number of rotatable bonds is 3. The number of halogens is 2. The van der Waals surface area contributed by atoms with E-state index in [1.165, 1.54) is 12.8 Å². The maximum absolute atomic E-state index is 6.15. The molecule has 1 fully saturated rings. The molecule has 1 aliphatic rings. The van der Waals surface area contributed by atoms with Crippen molar-refractivity contribution in [1.29, 1.82) is 0 Å². The molecule has 94 valence electrons. The van der Waals surface area contributed by atoms with E-state index in [2.05, 4.69) is 32.6 Å². The Kier molecular flexibility index (Phi) is 4.26. The molecule has 0 N–H and O–H groups in total. The molecule has 0 amide bonds. The minimum absolute atomic E-state index is 0.298. The Bertz CT molecular complexity index is 396. The topological polar surface area (TPSA) is 35.0 Å². The van der Waals surface area contributed by atoms with Gasteiger partial charge in [-0.1, -0.05) is 11.6 Å². The van der Waals surface area contributed by atoms with E-state index in [-0.39, 0.29) is 5.60 Å². The highest BCUT2D eigenvalue weighted by molar-refractivity contribution is 14.1. The zero-order chi connectivity index (χ0) is 12.5. The Morgan fingerprint density at radius 2 is 2.00 bits per heavy atom. The van der Waals surface area contributed by atoms with Gasteiger partial charge in [-0.25, -0.2) is 9.97 Å². The fourth-order valence-corrected chi connectivity index (χ4v) is 2.84. The largest absolute Gasteiger partial charge is 0.367 e. The molecular formula is C12H16ClIN2O. The quantitative estimate of drug-likeness (QED) is 0.602. The molecule has 5 heteroatoms. The average Bonchev–Trinajstić information content (AvgIpc) is 2.75. The summed E-state index contributed by atoms with van der Waals surface area (Å²) < 4.78 is 6.87. The van der Waals surface area contributed by atoms with Gasteiger partial charge in [0.05, 0.1) is 9.26 Å². The van der Waals surface area contributed by atoms with E-state index in [0.717, 1.165) is 27.9 Å². The normalized spacial score (nSPS) is 18.6. The van der Waals surface area contributed by atoms with E-state index < -0.39 is 0 Å². The van der Waals surface area contributed by atoms with Crippen molar-refractivity contribution in [2.24, 2.45) is 0 Å². The minimum atomic E-state index is -0.298. The van der Waals surface area contributed by atoms with Crippen LogP contribution in [0.15, 0.2) is 0 Å². The Balaban J connectivity index is 2.43. The van der Waals surface area contributed by atoms with Gasteiger partial charge in [0, 0.05) is 6.61 Å². The number of hydrogen-bond donors (Lipinski definition) is 0. The summed E-state index contributed by atoms with van der Waals surface area (Å²) in [6.45, 7) is 4.67. The molecule has 17 heavy (non-hydrogen) atoms. The fourth-order valence-electron chi connectivity index (χ4n) is 2.38. The summed E-state index contributed by atoms with van der Waals surface area (Å²) in [5, 5.41) is 0.541. The molecule has 2 rings (SSSR count). The number of ether oxygens (including phenoxy) is 1. The Hall–Kier alpha value is 0.0600. The van der Waals surface area contributed by atoms with Crippen LogP contribution >= 0.6 is 34.2 Å². The number of aryl methyl sites for hydroxylation is 1. The summed E-state index contributed by atoms with van der Waals surface area (Å²) in [6.07, 6.45) is 4.34. The summed E-state index contributed by atoms with van der Waals surface area (Å²) in [5.74, 6) is 0.764. The van der Waals surface area contributed by atoms with Crippen molar-refractivity contribution in [2.75, 3.05) is 6.61 Å². The van der Waals surface area contributed by atoms with Gasteiger partial charge in [0.2, 0.25) is 0 Å². The van der Waals surface area contributed by atoms with Crippen LogP contribution in [0.5, 0.6) is 0 Å². The van der Waals surface area contributed by atoms with Crippen LogP contribution < -0.4 is 0 Å². The molecule has 1 aliphatic carbocycles. The van der Waals surface area contributed by atoms with Gasteiger partial charge in [-0.05, 0) is 62.1 Å². The third kappa shape index (κ3) is 2.58. The first-order valence-electron chi connectivity index (χ1n) is 5.93. The zero-order valence-electron chi connectivity index (χ0n) is 10.1. The summed E-state index contributed by atoms with van der Waals surface area (Å²) >= 11 is 8.32. The van der Waals surface area contributed by atoms with Gasteiger partial charge >= 0.3 is 0 Å². The second-order valence-electron chi connectivity index (χ2n) is 4.37. The fraction of sp³-hybridized carbons (Fsp3) is 0.667. The number of hydrogen-bond acceptors (Lipinski definition) is 3. The van der Waals surface area contributed by atoms with Gasteiger partial charge in [-0.3, -0.25) is 0 Å². The first-order valence-corrected chi connectivity index (χ1v) is 7.39. The lowest BCUT2D eigenvalue weighted by atomic mass is 10.0. The van der Waals surface area contributed by atoms with Crippen molar-refractivity contribution >= 4 is 34.2 Å². The van der Waals surface area contributed by atoms with E-state index in [4.69, 9.17) is 16.3 Å². The molecule has 0 spiro atoms. The van der Waals surface area contributed by atoms with E-state index in [9.17, 15) is 0 Å². The molecule has 3 nitrogen and oxygen atoms in total. The third-order valence-electron chi connectivity index (χ3n) is 3.22. The van der Waals surface area contributed by atoms with Crippen LogP contribution in [0.4, 0.5) is 0 Å². The van der Waals surface area contributed by atoms with Crippen molar-refractivity contribution in [3.05, 3.63) is 20.2 Å². The molecule has 0 aliphatic heterocycles. The van der Waals surface area contributed by atoms with Gasteiger partial charge in [-0.15, -0.1) is 0 Å². The van der Waals surface area contributed by atoms with Crippen LogP contribution in [0.25, 0.3) is 0 Å². The van der Waals surface area contributed by atoms with Crippen LogP contribution in [0.2, 0.25) is 5.15 Å².